The molecule has 0 spiro atoms. The summed E-state index contributed by atoms with van der Waals surface area (Å²) in [6.45, 7) is 17.4. The van der Waals surface area contributed by atoms with Crippen LogP contribution in [0.25, 0.3) is 0 Å². The number of ether oxygens (including phenoxy) is 1. The van der Waals surface area contributed by atoms with Crippen molar-refractivity contribution in [2.45, 2.75) is 79.1 Å². The second-order valence-electron chi connectivity index (χ2n) is 10.8. The Bertz CT molecular complexity index is 1110. The molecule has 0 aliphatic carbocycles. The maximum Gasteiger partial charge on any atom is 0.408 e. The van der Waals surface area contributed by atoms with Crippen LogP contribution in [0, 0.1) is 19.8 Å². The molecular weight excluding hydrogens is 478 g/mol. The van der Waals surface area contributed by atoms with Crippen molar-refractivity contribution >= 4 is 17.9 Å². The highest BCUT2D eigenvalue weighted by molar-refractivity contribution is 5.92. The van der Waals surface area contributed by atoms with Crippen LogP contribution < -0.4 is 10.6 Å². The highest BCUT2D eigenvalue weighted by atomic mass is 16.6. The van der Waals surface area contributed by atoms with Crippen LogP contribution in [-0.4, -0.2) is 41.0 Å². The van der Waals surface area contributed by atoms with Gasteiger partial charge in [0.15, 0.2) is 0 Å². The number of amides is 3. The van der Waals surface area contributed by atoms with E-state index in [4.69, 9.17) is 4.74 Å². The Morgan fingerprint density at radius 1 is 1.08 bits per heavy atom. The lowest BCUT2D eigenvalue weighted by Crippen LogP contribution is -2.55. The minimum absolute atomic E-state index is 0.124. The summed E-state index contributed by atoms with van der Waals surface area (Å²) in [5.41, 5.74) is 2.90. The van der Waals surface area contributed by atoms with Gasteiger partial charge in [0.25, 0.3) is 0 Å². The molecule has 2 N–H and O–H groups in total. The molecule has 3 atom stereocenters. The molecule has 0 bridgehead atoms. The number of nitrogens with zero attached hydrogens (tertiary/aromatic N) is 1. The van der Waals surface area contributed by atoms with Crippen molar-refractivity contribution in [3.05, 3.63) is 83.4 Å². The molecule has 0 radical (unpaired) electrons. The zero-order valence-electron chi connectivity index (χ0n) is 23.8. The molecule has 7 heteroatoms. The SMILES string of the molecule is C=CCN(C(=O)C(NC(=O)OC(C)(C)C)C(C)CC)C(C(=O)NCc1ccccc1)c1ccc(C)cc1C. The number of carbonyl (C=O) groups is 3. The number of nitrogens with one attached hydrogen (secondary N) is 2. The summed E-state index contributed by atoms with van der Waals surface area (Å²) in [6, 6.07) is 13.6. The molecule has 3 unspecified atom stereocenters. The van der Waals surface area contributed by atoms with Crippen LogP contribution in [0.15, 0.2) is 61.2 Å². The molecule has 0 saturated carbocycles. The van der Waals surface area contributed by atoms with Crippen LogP contribution >= 0.6 is 0 Å². The first-order chi connectivity index (χ1) is 17.9. The molecule has 2 aromatic rings. The smallest absolute Gasteiger partial charge is 0.408 e. The van der Waals surface area contributed by atoms with Crippen LogP contribution in [0.1, 0.15) is 69.3 Å². The minimum Gasteiger partial charge on any atom is -0.444 e. The number of hydrogen-bond donors (Lipinski definition) is 2. The average molecular weight is 522 g/mol. The Hall–Kier alpha value is -3.61. The van der Waals surface area contributed by atoms with Gasteiger partial charge in [0.2, 0.25) is 11.8 Å². The first-order valence-corrected chi connectivity index (χ1v) is 13.2. The lowest BCUT2D eigenvalue weighted by molar-refractivity contribution is -0.142. The van der Waals surface area contributed by atoms with E-state index in [2.05, 4.69) is 17.2 Å². The van der Waals surface area contributed by atoms with Gasteiger partial charge in [0, 0.05) is 13.1 Å². The zero-order chi connectivity index (χ0) is 28.5. The Balaban J connectivity index is 2.50. The third-order valence-corrected chi connectivity index (χ3v) is 6.35. The third kappa shape index (κ3) is 8.75. The molecule has 38 heavy (non-hydrogen) atoms. The Kier molecular flexibility index (Phi) is 11.1. The van der Waals surface area contributed by atoms with Crippen molar-refractivity contribution < 1.29 is 19.1 Å². The molecular formula is C31H43N3O4. The van der Waals surface area contributed by atoms with Gasteiger partial charge < -0.3 is 20.3 Å². The predicted molar refractivity (Wildman–Crippen MR) is 151 cm³/mol. The van der Waals surface area contributed by atoms with E-state index in [0.29, 0.717) is 13.0 Å². The molecule has 3 amide bonds. The molecule has 2 aromatic carbocycles. The van der Waals surface area contributed by atoms with E-state index in [1.807, 2.05) is 76.2 Å². The van der Waals surface area contributed by atoms with E-state index >= 15 is 0 Å². The topological polar surface area (TPSA) is 87.7 Å². The molecule has 0 fully saturated rings. The third-order valence-electron chi connectivity index (χ3n) is 6.35. The molecule has 2 rings (SSSR count). The van der Waals surface area contributed by atoms with Crippen LogP contribution in [-0.2, 0) is 20.9 Å². The summed E-state index contributed by atoms with van der Waals surface area (Å²) < 4.78 is 5.44. The number of hydrogen-bond acceptors (Lipinski definition) is 4. The summed E-state index contributed by atoms with van der Waals surface area (Å²) in [7, 11) is 0. The first kappa shape index (κ1) is 30.6. The summed E-state index contributed by atoms with van der Waals surface area (Å²) in [5, 5.41) is 5.78. The average Bonchev–Trinajstić information content (AvgIpc) is 2.85. The summed E-state index contributed by atoms with van der Waals surface area (Å²) in [4.78, 5) is 42.1. The molecule has 0 aliphatic rings. The Morgan fingerprint density at radius 3 is 2.29 bits per heavy atom. The fourth-order valence-electron chi connectivity index (χ4n) is 4.22. The predicted octanol–water partition coefficient (Wildman–Crippen LogP) is 5.61. The Morgan fingerprint density at radius 2 is 1.74 bits per heavy atom. The summed E-state index contributed by atoms with van der Waals surface area (Å²) in [5.74, 6) is -0.879. The van der Waals surface area contributed by atoms with E-state index in [0.717, 1.165) is 22.3 Å². The van der Waals surface area contributed by atoms with Gasteiger partial charge in [-0.05, 0) is 57.2 Å². The maximum atomic E-state index is 14.1. The molecule has 0 heterocycles. The second-order valence-corrected chi connectivity index (χ2v) is 10.8. The van der Waals surface area contributed by atoms with Crippen LogP contribution in [0.3, 0.4) is 0 Å². The van der Waals surface area contributed by atoms with Crippen molar-refractivity contribution in [2.24, 2.45) is 5.92 Å². The van der Waals surface area contributed by atoms with Gasteiger partial charge >= 0.3 is 6.09 Å². The van der Waals surface area contributed by atoms with Gasteiger partial charge in [-0.25, -0.2) is 4.79 Å². The lowest BCUT2D eigenvalue weighted by atomic mass is 9.93. The second kappa shape index (κ2) is 13.8. The standard InChI is InChI=1S/C31H43N3O4/c1-9-18-34(29(36)26(22(4)10-2)33-30(37)38-31(6,7)8)27(25-17-16-21(3)19-23(25)5)28(35)32-20-24-14-12-11-13-15-24/h9,11-17,19,22,26-27H,1,10,18,20H2,2-8H3,(H,32,35)(H,33,37). The van der Waals surface area contributed by atoms with E-state index in [1.54, 1.807) is 26.8 Å². The minimum atomic E-state index is -0.920. The summed E-state index contributed by atoms with van der Waals surface area (Å²) >= 11 is 0. The number of carbonyl (C=O) groups excluding carboxylic acids is 3. The highest BCUT2D eigenvalue weighted by Gasteiger charge is 2.38. The van der Waals surface area contributed by atoms with Crippen molar-refractivity contribution in [3.8, 4) is 0 Å². The van der Waals surface area contributed by atoms with Crippen molar-refractivity contribution in [2.75, 3.05) is 6.54 Å². The number of alkyl carbamates (subject to hydrolysis) is 1. The summed E-state index contributed by atoms with van der Waals surface area (Å²) in [6.07, 6.45) is 1.56. The number of benzene rings is 2. The molecule has 206 valence electrons. The molecule has 0 aromatic heterocycles. The maximum absolute atomic E-state index is 14.1. The quantitative estimate of drug-likeness (QED) is 0.376. The number of aryl methyl sites for hydroxylation is 2. The van der Waals surface area contributed by atoms with Gasteiger partial charge in [-0.2, -0.15) is 0 Å². The highest BCUT2D eigenvalue weighted by Crippen LogP contribution is 2.28. The van der Waals surface area contributed by atoms with Crippen molar-refractivity contribution in [3.63, 3.8) is 0 Å². The fourth-order valence-corrected chi connectivity index (χ4v) is 4.22. The van der Waals surface area contributed by atoms with Crippen LogP contribution in [0.2, 0.25) is 0 Å². The number of rotatable bonds is 11. The zero-order valence-corrected chi connectivity index (χ0v) is 23.8. The van der Waals surface area contributed by atoms with Gasteiger partial charge in [-0.3, -0.25) is 9.59 Å². The lowest BCUT2D eigenvalue weighted by Gasteiger charge is -2.36. The van der Waals surface area contributed by atoms with Gasteiger partial charge in [-0.1, -0.05) is 80.4 Å². The van der Waals surface area contributed by atoms with Crippen molar-refractivity contribution in [1.82, 2.24) is 15.5 Å². The van der Waals surface area contributed by atoms with Crippen LogP contribution in [0.5, 0.6) is 0 Å². The van der Waals surface area contributed by atoms with E-state index in [-0.39, 0.29) is 24.3 Å². The van der Waals surface area contributed by atoms with Crippen LogP contribution in [0.4, 0.5) is 4.79 Å². The fraction of sp³-hybridized carbons (Fsp3) is 0.452. The van der Waals surface area contributed by atoms with Gasteiger partial charge in [-0.15, -0.1) is 6.58 Å². The normalized spacial score (nSPS) is 13.6. The van der Waals surface area contributed by atoms with E-state index < -0.39 is 23.8 Å². The molecule has 0 aliphatic heterocycles. The van der Waals surface area contributed by atoms with Crippen molar-refractivity contribution in [1.29, 1.82) is 0 Å². The van der Waals surface area contributed by atoms with E-state index in [1.165, 1.54) is 4.90 Å². The molecule has 0 saturated heterocycles. The van der Waals surface area contributed by atoms with Gasteiger partial charge in [0.05, 0.1) is 0 Å². The van der Waals surface area contributed by atoms with E-state index in [9.17, 15) is 14.4 Å². The monoisotopic (exact) mass is 521 g/mol. The Labute approximate surface area is 227 Å². The largest absolute Gasteiger partial charge is 0.444 e. The molecule has 7 nitrogen and oxygen atoms in total. The first-order valence-electron chi connectivity index (χ1n) is 13.2. The van der Waals surface area contributed by atoms with Gasteiger partial charge in [0.1, 0.15) is 17.7 Å².